The van der Waals surface area contributed by atoms with Crippen LogP contribution in [0.3, 0.4) is 0 Å². The number of aromatic hydroxyl groups is 1. The smallest absolute Gasteiger partial charge is 0.245 e. The summed E-state index contributed by atoms with van der Waals surface area (Å²) in [7, 11) is 0. The second-order valence-corrected chi connectivity index (χ2v) is 19.1. The molecule has 0 bridgehead atoms. The highest BCUT2D eigenvalue weighted by atomic mass is 16.3. The van der Waals surface area contributed by atoms with Gasteiger partial charge in [0.2, 0.25) is 41.4 Å². The molecule has 1 aliphatic carbocycles. The first kappa shape index (κ1) is 55.2. The molecule has 386 valence electrons. The van der Waals surface area contributed by atoms with E-state index >= 15 is 0 Å². The Morgan fingerprint density at radius 2 is 1.37 bits per heavy atom. The third-order valence-corrected chi connectivity index (χ3v) is 13.1. The van der Waals surface area contributed by atoms with E-state index in [9.17, 15) is 43.8 Å². The molecule has 3 aromatic rings. The van der Waals surface area contributed by atoms with Gasteiger partial charge in [-0.3, -0.25) is 38.6 Å². The van der Waals surface area contributed by atoms with Crippen LogP contribution < -0.4 is 43.4 Å². The molecule has 1 saturated carbocycles. The number of aliphatic hydroxyl groups is 1. The normalized spacial score (nSPS) is 17.0. The quantitative estimate of drug-likeness (QED) is 0.0333. The van der Waals surface area contributed by atoms with E-state index in [2.05, 4.69) is 36.9 Å². The topological polar surface area (TPSA) is 300 Å². The molecule has 6 atom stereocenters. The summed E-state index contributed by atoms with van der Waals surface area (Å²) >= 11 is 0. The van der Waals surface area contributed by atoms with Gasteiger partial charge in [0.1, 0.15) is 42.0 Å². The Bertz CT molecular complexity index is 2310. The van der Waals surface area contributed by atoms with Gasteiger partial charge in [-0.1, -0.05) is 101 Å². The minimum Gasteiger partial charge on any atom is -0.508 e. The number of benzene rings is 3. The van der Waals surface area contributed by atoms with Crippen LogP contribution in [0.1, 0.15) is 103 Å². The zero-order chi connectivity index (χ0) is 51.5. The zero-order valence-corrected chi connectivity index (χ0v) is 41.3. The maximum atomic E-state index is 14.6. The average Bonchev–Trinajstić information content (AvgIpc) is 3.85. The number of likely N-dealkylation sites (tertiary alicyclic amines) is 1. The Balaban J connectivity index is 1.36. The lowest BCUT2D eigenvalue weighted by Crippen LogP contribution is -2.60. The van der Waals surface area contributed by atoms with E-state index in [1.807, 2.05) is 56.3 Å². The Labute approximate surface area is 416 Å². The number of hydrogen-bond donors (Lipinski definition) is 10. The van der Waals surface area contributed by atoms with Crippen molar-refractivity contribution in [1.82, 2.24) is 36.8 Å². The molecule has 19 nitrogen and oxygen atoms in total. The zero-order valence-electron chi connectivity index (χ0n) is 41.3. The van der Waals surface area contributed by atoms with Gasteiger partial charge in [-0.25, -0.2) is 0 Å². The van der Waals surface area contributed by atoms with E-state index in [1.165, 1.54) is 17.0 Å². The van der Waals surface area contributed by atoms with E-state index in [1.54, 1.807) is 19.1 Å². The fourth-order valence-corrected chi connectivity index (χ4v) is 9.47. The van der Waals surface area contributed by atoms with Crippen LogP contribution >= 0.6 is 0 Å². The second-order valence-electron chi connectivity index (χ2n) is 19.1. The third kappa shape index (κ3) is 17.0. The van der Waals surface area contributed by atoms with Gasteiger partial charge in [-0.15, -0.1) is 0 Å². The number of carbonyl (C=O) groups excluding carboxylic acids is 7. The van der Waals surface area contributed by atoms with Crippen LogP contribution in [-0.4, -0.2) is 125 Å². The van der Waals surface area contributed by atoms with Gasteiger partial charge in [-0.2, -0.15) is 0 Å². The van der Waals surface area contributed by atoms with Gasteiger partial charge in [-0.05, 0) is 91.3 Å². The van der Waals surface area contributed by atoms with Crippen molar-refractivity contribution in [1.29, 1.82) is 0 Å². The van der Waals surface area contributed by atoms with Gasteiger partial charge in [0.05, 0.1) is 13.0 Å². The molecule has 0 aromatic heterocycles. The second kappa shape index (κ2) is 27.6. The van der Waals surface area contributed by atoms with Crippen molar-refractivity contribution in [2.45, 2.75) is 140 Å². The number of nitrogens with zero attached hydrogens (tertiary/aromatic N) is 2. The number of rotatable bonds is 25. The number of hydrogen-bond acceptors (Lipinski definition) is 10. The number of amides is 7. The summed E-state index contributed by atoms with van der Waals surface area (Å²) < 4.78 is 0. The van der Waals surface area contributed by atoms with Crippen molar-refractivity contribution in [3.8, 4) is 5.75 Å². The van der Waals surface area contributed by atoms with E-state index in [4.69, 9.17) is 11.5 Å². The molecule has 19 heteroatoms. The average molecular weight is 983 g/mol. The number of nitrogens with one attached hydrogen (secondary N) is 6. The lowest BCUT2D eigenvalue weighted by molar-refractivity contribution is -0.142. The lowest BCUT2D eigenvalue weighted by Gasteiger charge is -2.31. The molecule has 71 heavy (non-hydrogen) atoms. The van der Waals surface area contributed by atoms with E-state index in [0.29, 0.717) is 37.9 Å². The Morgan fingerprint density at radius 1 is 0.732 bits per heavy atom. The van der Waals surface area contributed by atoms with Gasteiger partial charge in [0, 0.05) is 26.1 Å². The minimum atomic E-state index is -1.43. The summed E-state index contributed by atoms with van der Waals surface area (Å²) in [6.45, 7) is 5.68. The van der Waals surface area contributed by atoms with Crippen LogP contribution in [0.5, 0.6) is 5.75 Å². The molecular weight excluding hydrogens is 909 g/mol. The molecule has 0 radical (unpaired) electrons. The highest BCUT2D eigenvalue weighted by Crippen LogP contribution is 2.28. The summed E-state index contributed by atoms with van der Waals surface area (Å²) in [4.78, 5) is 103. The van der Waals surface area contributed by atoms with Crippen LogP contribution in [0.2, 0.25) is 0 Å². The fraction of sp³-hybridized carbons (Fsp3) is 0.538. The minimum absolute atomic E-state index is 0.0153. The Morgan fingerprint density at radius 3 is 2.06 bits per heavy atom. The molecule has 7 amide bonds. The first-order valence-electron chi connectivity index (χ1n) is 25.1. The number of aliphatic imine (C=N–C) groups is 1. The van der Waals surface area contributed by atoms with Gasteiger partial charge < -0.3 is 58.5 Å². The number of phenols is 1. The van der Waals surface area contributed by atoms with Gasteiger partial charge in [0.15, 0.2) is 5.96 Å². The SMILES string of the molecule is CCNC(=O)[C@@H]1CCCN1C(=O)[C@H](CCCN=C(N)N)NC(=O)[C@H](CC(C)C)NC(=O)[C@@H](CC1CCCCC1)NC(=O)[C@H](Cc1ccc(O)cc1)NC(=O)[C@H](CO)NC(=O)Cc1cccc2ccccc12. The van der Waals surface area contributed by atoms with Crippen molar-refractivity contribution in [3.63, 3.8) is 0 Å². The van der Waals surface area contributed by atoms with Crippen molar-refractivity contribution in [2.24, 2.45) is 28.3 Å². The van der Waals surface area contributed by atoms with Crippen LogP contribution in [0.4, 0.5) is 0 Å². The molecule has 3 aromatic carbocycles. The molecular formula is C52H74N10O9. The number of nitrogens with two attached hydrogens (primary N) is 2. The number of fused-ring (bicyclic) bond motifs is 1. The van der Waals surface area contributed by atoms with Crippen molar-refractivity contribution in [3.05, 3.63) is 77.9 Å². The predicted octanol–water partition coefficient (Wildman–Crippen LogP) is 1.94. The van der Waals surface area contributed by atoms with Crippen LogP contribution in [0.25, 0.3) is 10.8 Å². The van der Waals surface area contributed by atoms with Crippen LogP contribution in [0, 0.1) is 11.8 Å². The van der Waals surface area contributed by atoms with Gasteiger partial charge >= 0.3 is 0 Å². The number of likely N-dealkylation sites (N-methyl/N-ethyl adjacent to an activating group) is 1. The Hall–Kier alpha value is -6.76. The predicted molar refractivity (Wildman–Crippen MR) is 270 cm³/mol. The summed E-state index contributed by atoms with van der Waals surface area (Å²) in [6, 6.07) is 12.3. The van der Waals surface area contributed by atoms with Crippen LogP contribution in [0.15, 0.2) is 71.7 Å². The number of guanidine groups is 1. The molecule has 2 fully saturated rings. The molecule has 1 saturated heterocycles. The maximum Gasteiger partial charge on any atom is 0.245 e. The molecule has 5 rings (SSSR count). The highest BCUT2D eigenvalue weighted by Gasteiger charge is 2.39. The number of carbonyl (C=O) groups is 7. The molecule has 0 unspecified atom stereocenters. The fourth-order valence-electron chi connectivity index (χ4n) is 9.47. The maximum absolute atomic E-state index is 14.6. The molecule has 12 N–H and O–H groups in total. The summed E-state index contributed by atoms with van der Waals surface area (Å²) in [6.07, 6.45) is 6.33. The highest BCUT2D eigenvalue weighted by molar-refractivity contribution is 5.98. The Kier molecular flexibility index (Phi) is 21.4. The summed E-state index contributed by atoms with van der Waals surface area (Å²) in [5.74, 6) is -4.27. The van der Waals surface area contributed by atoms with Crippen molar-refractivity contribution < 1.29 is 43.8 Å². The van der Waals surface area contributed by atoms with E-state index in [-0.39, 0.29) is 68.1 Å². The van der Waals surface area contributed by atoms with E-state index in [0.717, 1.165) is 48.4 Å². The lowest BCUT2D eigenvalue weighted by atomic mass is 9.84. The summed E-state index contributed by atoms with van der Waals surface area (Å²) in [5.41, 5.74) is 12.4. The standard InChI is InChI=1S/C52H74N10O9/c1-4-55-50(70)44-20-12-26-62(44)51(71)39(19-11-25-56-52(53)54)58-46(66)40(27-32(2)3)59-47(67)41(28-33-13-6-5-7-14-33)60-48(68)42(29-34-21-23-37(64)24-22-34)61-49(69)43(31-63)57-45(65)30-36-17-10-16-35-15-8-9-18-38(35)36/h8-10,15-18,21-24,32-33,39-44,63-64H,4-7,11-14,19-20,25-31H2,1-3H3,(H,55,70)(H,57,65)(H,58,66)(H,59,67)(H,60,68)(H,61,69)(H4,53,54,56)/t39-,40-,41+,42-,43-,44-/m0/s1. The van der Waals surface area contributed by atoms with Gasteiger partial charge in [0.25, 0.3) is 0 Å². The van der Waals surface area contributed by atoms with Crippen molar-refractivity contribution >= 4 is 58.1 Å². The molecule has 0 spiro atoms. The number of phenolic OH excluding ortho intramolecular Hbond substituents is 1. The monoisotopic (exact) mass is 983 g/mol. The summed E-state index contributed by atoms with van der Waals surface area (Å²) in [5, 5.41) is 38.9. The molecule has 1 heterocycles. The largest absolute Gasteiger partial charge is 0.508 e. The molecule has 1 aliphatic heterocycles. The molecule has 2 aliphatic rings. The third-order valence-electron chi connectivity index (χ3n) is 13.1. The van der Waals surface area contributed by atoms with E-state index < -0.39 is 78.3 Å². The van der Waals surface area contributed by atoms with Crippen LogP contribution in [-0.2, 0) is 46.4 Å². The number of aliphatic hydroxyl groups excluding tert-OH is 1. The first-order chi connectivity index (χ1) is 34.1. The van der Waals surface area contributed by atoms with Crippen molar-refractivity contribution in [2.75, 3.05) is 26.2 Å². The first-order valence-corrected chi connectivity index (χ1v) is 25.1.